The summed E-state index contributed by atoms with van der Waals surface area (Å²) in [4.78, 5) is 37.9. The Hall–Kier alpha value is -2.72. The molecule has 0 spiro atoms. The average Bonchev–Trinajstić information content (AvgIpc) is 2.81. The van der Waals surface area contributed by atoms with Gasteiger partial charge in [0.25, 0.3) is 0 Å². The van der Waals surface area contributed by atoms with E-state index in [0.29, 0.717) is 43.4 Å². The van der Waals surface area contributed by atoms with E-state index in [1.807, 2.05) is 6.92 Å². The number of carbonyl (C=O) groups is 2. The van der Waals surface area contributed by atoms with Crippen molar-refractivity contribution in [2.24, 2.45) is 5.92 Å². The molecular formula is C22H27FN6O2S. The first kappa shape index (κ1) is 22.5. The van der Waals surface area contributed by atoms with Gasteiger partial charge in [0.2, 0.25) is 17.8 Å². The summed E-state index contributed by atoms with van der Waals surface area (Å²) in [6, 6.07) is 8.23. The fourth-order valence-electron chi connectivity index (χ4n) is 3.94. The molecule has 1 aromatic heterocycles. The third-order valence-corrected chi connectivity index (χ3v) is 6.92. The number of hydrogen-bond acceptors (Lipinski definition) is 7. The Labute approximate surface area is 191 Å². The summed E-state index contributed by atoms with van der Waals surface area (Å²) in [7, 11) is 0. The maximum Gasteiger partial charge on any atom is 0.227 e. The lowest BCUT2D eigenvalue weighted by atomic mass is 9.94. The van der Waals surface area contributed by atoms with E-state index >= 15 is 0 Å². The molecule has 2 aliphatic rings. The van der Waals surface area contributed by atoms with Crippen LogP contribution in [0.15, 0.2) is 42.7 Å². The van der Waals surface area contributed by atoms with E-state index in [1.54, 1.807) is 41.6 Å². The lowest BCUT2D eigenvalue weighted by Gasteiger charge is -2.38. The molecule has 0 radical (unpaired) electrons. The molecule has 2 aromatic rings. The minimum atomic E-state index is -0.441. The van der Waals surface area contributed by atoms with Crippen LogP contribution in [0.4, 0.5) is 10.3 Å². The summed E-state index contributed by atoms with van der Waals surface area (Å²) in [5.74, 6) is 0.247. The standard InChI is InChI=1S/C22H27FN6O2S/c1-15-17(20(31)27-22(26-15)32-14-16-5-2-3-6-18(16)23)13-19(30)28-9-11-29(12-10-28)21-24-7-4-8-25-21/h2-8,15,17,22,26H,9-14H2,1H3,(H,27,31). The second-order valence-corrected chi connectivity index (χ2v) is 9.07. The maximum absolute atomic E-state index is 13.8. The monoisotopic (exact) mass is 458 g/mol. The van der Waals surface area contributed by atoms with E-state index < -0.39 is 5.92 Å². The first-order valence-corrected chi connectivity index (χ1v) is 11.8. The summed E-state index contributed by atoms with van der Waals surface area (Å²) < 4.78 is 13.8. The van der Waals surface area contributed by atoms with Crippen LogP contribution in [0, 0.1) is 11.7 Å². The van der Waals surface area contributed by atoms with Crippen LogP contribution < -0.4 is 15.5 Å². The van der Waals surface area contributed by atoms with E-state index in [1.165, 1.54) is 17.8 Å². The highest BCUT2D eigenvalue weighted by Crippen LogP contribution is 2.24. The van der Waals surface area contributed by atoms with Gasteiger partial charge in [0.05, 0.1) is 5.92 Å². The Balaban J connectivity index is 1.25. The van der Waals surface area contributed by atoms with Gasteiger partial charge in [0.1, 0.15) is 11.3 Å². The van der Waals surface area contributed by atoms with Gasteiger partial charge in [-0.1, -0.05) is 18.2 Å². The zero-order valence-electron chi connectivity index (χ0n) is 17.9. The topological polar surface area (TPSA) is 90.5 Å². The van der Waals surface area contributed by atoms with Crippen LogP contribution in [0.1, 0.15) is 18.9 Å². The number of carbonyl (C=O) groups excluding carboxylic acids is 2. The van der Waals surface area contributed by atoms with Crippen LogP contribution in [0.3, 0.4) is 0 Å². The molecular weight excluding hydrogens is 431 g/mol. The zero-order chi connectivity index (χ0) is 22.5. The number of aromatic nitrogens is 2. The number of piperazine rings is 1. The fourth-order valence-corrected chi connectivity index (χ4v) is 5.03. The van der Waals surface area contributed by atoms with Crippen LogP contribution in [-0.4, -0.2) is 64.4 Å². The second kappa shape index (κ2) is 10.3. The molecule has 32 heavy (non-hydrogen) atoms. The predicted molar refractivity (Wildman–Crippen MR) is 121 cm³/mol. The maximum atomic E-state index is 13.8. The molecule has 2 amide bonds. The molecule has 1 aromatic carbocycles. The lowest BCUT2D eigenvalue weighted by Crippen LogP contribution is -2.60. The van der Waals surface area contributed by atoms with Crippen molar-refractivity contribution >= 4 is 29.5 Å². The minimum Gasteiger partial charge on any atom is -0.339 e. The highest BCUT2D eigenvalue weighted by atomic mass is 32.2. The Bertz CT molecular complexity index is 941. The first-order valence-electron chi connectivity index (χ1n) is 10.7. The smallest absolute Gasteiger partial charge is 0.227 e. The van der Waals surface area contributed by atoms with Crippen molar-refractivity contribution in [1.29, 1.82) is 0 Å². The van der Waals surface area contributed by atoms with Crippen LogP contribution in [0.5, 0.6) is 0 Å². The molecule has 2 saturated heterocycles. The Morgan fingerprint density at radius 2 is 1.88 bits per heavy atom. The summed E-state index contributed by atoms with van der Waals surface area (Å²) in [6.07, 6.45) is 3.57. The van der Waals surface area contributed by atoms with Gasteiger partial charge in [-0.3, -0.25) is 14.9 Å². The first-order chi connectivity index (χ1) is 15.5. The molecule has 3 heterocycles. The van der Waals surface area contributed by atoms with Gasteiger partial charge in [-0.2, -0.15) is 0 Å². The van der Waals surface area contributed by atoms with E-state index in [4.69, 9.17) is 0 Å². The number of rotatable bonds is 6. The van der Waals surface area contributed by atoms with Gasteiger partial charge in [-0.05, 0) is 24.6 Å². The van der Waals surface area contributed by atoms with E-state index in [2.05, 4.69) is 25.5 Å². The largest absolute Gasteiger partial charge is 0.339 e. The number of nitrogens with one attached hydrogen (secondary N) is 2. The SMILES string of the molecule is CC1NC(SCc2ccccc2F)NC(=O)C1CC(=O)N1CCN(c2ncccn2)CC1. The molecule has 3 atom stereocenters. The molecule has 170 valence electrons. The summed E-state index contributed by atoms with van der Waals surface area (Å²) in [6.45, 7) is 4.39. The Morgan fingerprint density at radius 1 is 1.16 bits per heavy atom. The number of amides is 2. The van der Waals surface area contributed by atoms with E-state index in [0.717, 1.165) is 0 Å². The fraction of sp³-hybridized carbons (Fsp3) is 0.455. The zero-order valence-corrected chi connectivity index (χ0v) is 18.7. The number of benzene rings is 1. The molecule has 0 aliphatic carbocycles. The Morgan fingerprint density at radius 3 is 2.56 bits per heavy atom. The molecule has 2 aliphatic heterocycles. The van der Waals surface area contributed by atoms with Crippen LogP contribution in [-0.2, 0) is 15.3 Å². The lowest BCUT2D eigenvalue weighted by molar-refractivity contribution is -0.138. The third kappa shape index (κ3) is 5.36. The molecule has 0 bridgehead atoms. The summed E-state index contributed by atoms with van der Waals surface area (Å²) in [5, 5.41) is 6.25. The molecule has 2 N–H and O–H groups in total. The van der Waals surface area contributed by atoms with Crippen molar-refractivity contribution in [1.82, 2.24) is 25.5 Å². The molecule has 10 heteroatoms. The van der Waals surface area contributed by atoms with Gasteiger partial charge in [-0.15, -0.1) is 11.8 Å². The van der Waals surface area contributed by atoms with Crippen molar-refractivity contribution in [2.75, 3.05) is 31.1 Å². The normalized spacial score (nSPS) is 23.7. The quantitative estimate of drug-likeness (QED) is 0.680. The number of anilines is 1. The summed E-state index contributed by atoms with van der Waals surface area (Å²) in [5.41, 5.74) is 0.274. The minimum absolute atomic E-state index is 0.0233. The third-order valence-electron chi connectivity index (χ3n) is 5.85. The van der Waals surface area contributed by atoms with Crippen molar-refractivity contribution < 1.29 is 14.0 Å². The van der Waals surface area contributed by atoms with Crippen molar-refractivity contribution in [3.63, 3.8) is 0 Å². The van der Waals surface area contributed by atoms with Crippen molar-refractivity contribution in [2.45, 2.75) is 30.6 Å². The highest BCUT2D eigenvalue weighted by molar-refractivity contribution is 7.99. The average molecular weight is 459 g/mol. The number of hydrogen-bond donors (Lipinski definition) is 2. The molecule has 3 unspecified atom stereocenters. The molecule has 0 saturated carbocycles. The van der Waals surface area contributed by atoms with Crippen LogP contribution in [0.2, 0.25) is 0 Å². The van der Waals surface area contributed by atoms with Gasteiger partial charge >= 0.3 is 0 Å². The van der Waals surface area contributed by atoms with Crippen LogP contribution >= 0.6 is 11.8 Å². The number of halogens is 1. The predicted octanol–water partition coefficient (Wildman–Crippen LogP) is 1.60. The molecule has 4 rings (SSSR count). The van der Waals surface area contributed by atoms with Crippen molar-refractivity contribution in [3.8, 4) is 0 Å². The van der Waals surface area contributed by atoms with Gasteiger partial charge in [0.15, 0.2) is 0 Å². The number of nitrogens with zero attached hydrogens (tertiary/aromatic N) is 4. The van der Waals surface area contributed by atoms with Gasteiger partial charge in [-0.25, -0.2) is 14.4 Å². The second-order valence-electron chi connectivity index (χ2n) is 7.97. The van der Waals surface area contributed by atoms with Gasteiger partial charge in [0, 0.05) is 56.8 Å². The highest BCUT2D eigenvalue weighted by Gasteiger charge is 2.36. The van der Waals surface area contributed by atoms with E-state index in [-0.39, 0.29) is 35.6 Å². The van der Waals surface area contributed by atoms with Crippen LogP contribution in [0.25, 0.3) is 0 Å². The van der Waals surface area contributed by atoms with Crippen molar-refractivity contribution in [3.05, 3.63) is 54.1 Å². The molecule has 2 fully saturated rings. The van der Waals surface area contributed by atoms with Gasteiger partial charge < -0.3 is 15.1 Å². The Kier molecular flexibility index (Phi) is 7.21. The molecule has 8 nitrogen and oxygen atoms in total. The number of thioether (sulfide) groups is 1. The van der Waals surface area contributed by atoms with E-state index in [9.17, 15) is 14.0 Å². The summed E-state index contributed by atoms with van der Waals surface area (Å²) >= 11 is 1.42.